The predicted molar refractivity (Wildman–Crippen MR) is 80.3 cm³/mol. The molecule has 1 fully saturated rings. The van der Waals surface area contributed by atoms with Crippen LogP contribution in [-0.4, -0.2) is 22.6 Å². The minimum atomic E-state index is 0.668. The number of hydrogen-bond donors (Lipinski definition) is 1. The van der Waals surface area contributed by atoms with Gasteiger partial charge in [0, 0.05) is 24.9 Å². The second-order valence-corrected chi connectivity index (χ2v) is 6.33. The highest BCUT2D eigenvalue weighted by Crippen LogP contribution is 2.38. The summed E-state index contributed by atoms with van der Waals surface area (Å²) in [7, 11) is 0. The highest BCUT2D eigenvalue weighted by molar-refractivity contribution is 5.05. The van der Waals surface area contributed by atoms with Gasteiger partial charge in [-0.1, -0.05) is 27.2 Å². The summed E-state index contributed by atoms with van der Waals surface area (Å²) in [6, 6.07) is 0. The molecule has 0 amide bonds. The summed E-state index contributed by atoms with van der Waals surface area (Å²) in [5.41, 5.74) is 0. The number of aromatic nitrogens is 2. The lowest BCUT2D eigenvalue weighted by molar-refractivity contribution is 0.405. The third-order valence-corrected chi connectivity index (χ3v) is 4.16. The maximum atomic E-state index is 4.65. The molecule has 108 valence electrons. The molecule has 0 radical (unpaired) electrons. The molecule has 1 heterocycles. The lowest BCUT2D eigenvalue weighted by Gasteiger charge is -2.21. The van der Waals surface area contributed by atoms with Crippen molar-refractivity contribution < 1.29 is 0 Å². The topological polar surface area (TPSA) is 29.9 Å². The number of imidazole rings is 1. The first-order chi connectivity index (χ1) is 9.22. The maximum Gasteiger partial charge on any atom is 0.112 e. The molecule has 3 nitrogen and oxygen atoms in total. The molecule has 0 aromatic carbocycles. The van der Waals surface area contributed by atoms with E-state index in [1.165, 1.54) is 31.5 Å². The second-order valence-electron chi connectivity index (χ2n) is 6.33. The van der Waals surface area contributed by atoms with Gasteiger partial charge in [0.1, 0.15) is 5.82 Å². The summed E-state index contributed by atoms with van der Waals surface area (Å²) in [4.78, 5) is 4.65. The first-order valence-electron chi connectivity index (χ1n) is 7.94. The van der Waals surface area contributed by atoms with E-state index in [0.717, 1.165) is 31.5 Å². The van der Waals surface area contributed by atoms with Crippen LogP contribution in [0.4, 0.5) is 0 Å². The molecule has 3 heteroatoms. The van der Waals surface area contributed by atoms with Crippen molar-refractivity contribution in [1.82, 2.24) is 14.9 Å². The minimum absolute atomic E-state index is 0.668. The zero-order chi connectivity index (χ0) is 13.7. The Morgan fingerprint density at radius 1 is 1.42 bits per heavy atom. The lowest BCUT2D eigenvalue weighted by atomic mass is 9.95. The van der Waals surface area contributed by atoms with Gasteiger partial charge in [0.2, 0.25) is 0 Å². The van der Waals surface area contributed by atoms with E-state index < -0.39 is 0 Å². The van der Waals surface area contributed by atoms with E-state index in [2.05, 4.69) is 41.8 Å². The Morgan fingerprint density at radius 3 is 3.00 bits per heavy atom. The van der Waals surface area contributed by atoms with Crippen LogP contribution < -0.4 is 5.32 Å². The maximum absolute atomic E-state index is 4.65. The first-order valence-corrected chi connectivity index (χ1v) is 7.94. The fourth-order valence-corrected chi connectivity index (χ4v) is 3.26. The molecule has 1 aliphatic rings. The van der Waals surface area contributed by atoms with Gasteiger partial charge in [-0.15, -0.1) is 0 Å². The summed E-state index contributed by atoms with van der Waals surface area (Å²) >= 11 is 0. The van der Waals surface area contributed by atoms with E-state index in [4.69, 9.17) is 0 Å². The standard InChI is InChI=1S/C16H29N3/c1-4-9-19-10-8-18-16(19)15-7-5-6-14(15)12-17-11-13(2)3/h8,10,13-15,17H,4-7,9,11-12H2,1-3H3. The summed E-state index contributed by atoms with van der Waals surface area (Å²) in [5.74, 6) is 3.51. The Kier molecular flexibility index (Phi) is 5.44. The van der Waals surface area contributed by atoms with Crippen LogP contribution in [0, 0.1) is 11.8 Å². The molecule has 2 rings (SSSR count). The highest BCUT2D eigenvalue weighted by Gasteiger charge is 2.31. The van der Waals surface area contributed by atoms with Gasteiger partial charge in [-0.25, -0.2) is 4.98 Å². The zero-order valence-corrected chi connectivity index (χ0v) is 12.7. The molecule has 19 heavy (non-hydrogen) atoms. The average Bonchev–Trinajstić information content (AvgIpc) is 2.97. The van der Waals surface area contributed by atoms with E-state index in [9.17, 15) is 0 Å². The van der Waals surface area contributed by atoms with E-state index in [0.29, 0.717) is 5.92 Å². The number of aryl methyl sites for hydroxylation is 1. The van der Waals surface area contributed by atoms with Crippen LogP contribution in [0.5, 0.6) is 0 Å². The van der Waals surface area contributed by atoms with Gasteiger partial charge >= 0.3 is 0 Å². The molecule has 0 spiro atoms. The number of nitrogens with one attached hydrogen (secondary N) is 1. The third kappa shape index (κ3) is 3.82. The highest BCUT2D eigenvalue weighted by atomic mass is 15.1. The van der Waals surface area contributed by atoms with Gasteiger partial charge in [-0.2, -0.15) is 0 Å². The van der Waals surface area contributed by atoms with E-state index >= 15 is 0 Å². The van der Waals surface area contributed by atoms with Gasteiger partial charge in [0.05, 0.1) is 0 Å². The average molecular weight is 263 g/mol. The van der Waals surface area contributed by atoms with Crippen molar-refractivity contribution in [3.05, 3.63) is 18.2 Å². The van der Waals surface area contributed by atoms with E-state index in [1.54, 1.807) is 0 Å². The summed E-state index contributed by atoms with van der Waals surface area (Å²) in [6.45, 7) is 10.2. The van der Waals surface area contributed by atoms with Crippen molar-refractivity contribution in [1.29, 1.82) is 0 Å². The van der Waals surface area contributed by atoms with Crippen molar-refractivity contribution in [3.63, 3.8) is 0 Å². The zero-order valence-electron chi connectivity index (χ0n) is 12.7. The monoisotopic (exact) mass is 263 g/mol. The lowest BCUT2D eigenvalue weighted by Crippen LogP contribution is -2.28. The Bertz CT molecular complexity index is 370. The summed E-state index contributed by atoms with van der Waals surface area (Å²) in [6.07, 6.45) is 9.34. The van der Waals surface area contributed by atoms with Crippen LogP contribution in [0.15, 0.2) is 12.4 Å². The fourth-order valence-electron chi connectivity index (χ4n) is 3.26. The molecule has 2 unspecified atom stereocenters. The molecule has 0 aliphatic heterocycles. The number of hydrogen-bond acceptors (Lipinski definition) is 2. The van der Waals surface area contributed by atoms with Crippen LogP contribution in [-0.2, 0) is 6.54 Å². The molecule has 0 bridgehead atoms. The molecular weight excluding hydrogens is 234 g/mol. The Labute approximate surface area is 117 Å². The quantitative estimate of drug-likeness (QED) is 0.817. The van der Waals surface area contributed by atoms with Crippen LogP contribution in [0.25, 0.3) is 0 Å². The smallest absolute Gasteiger partial charge is 0.112 e. The molecule has 0 saturated heterocycles. The van der Waals surface area contributed by atoms with Crippen molar-refractivity contribution in [2.24, 2.45) is 11.8 Å². The van der Waals surface area contributed by atoms with Gasteiger partial charge in [-0.3, -0.25) is 0 Å². The molecule has 1 aromatic heterocycles. The molecule has 2 atom stereocenters. The summed E-state index contributed by atoms with van der Waals surface area (Å²) < 4.78 is 2.37. The predicted octanol–water partition coefficient (Wildman–Crippen LogP) is 3.42. The third-order valence-electron chi connectivity index (χ3n) is 4.16. The normalized spacial score (nSPS) is 23.4. The molecule has 1 aliphatic carbocycles. The van der Waals surface area contributed by atoms with Gasteiger partial charge in [0.15, 0.2) is 0 Å². The van der Waals surface area contributed by atoms with Crippen molar-refractivity contribution in [2.45, 2.75) is 58.9 Å². The second kappa shape index (κ2) is 7.09. The van der Waals surface area contributed by atoms with Crippen LogP contribution in [0.3, 0.4) is 0 Å². The number of nitrogens with zero attached hydrogens (tertiary/aromatic N) is 2. The van der Waals surface area contributed by atoms with Gasteiger partial charge in [-0.05, 0) is 44.2 Å². The fraction of sp³-hybridized carbons (Fsp3) is 0.812. The largest absolute Gasteiger partial charge is 0.335 e. The van der Waals surface area contributed by atoms with Crippen LogP contribution in [0.1, 0.15) is 58.2 Å². The van der Waals surface area contributed by atoms with Crippen molar-refractivity contribution >= 4 is 0 Å². The molecule has 1 N–H and O–H groups in total. The molecule has 1 aromatic rings. The minimum Gasteiger partial charge on any atom is -0.335 e. The van der Waals surface area contributed by atoms with Gasteiger partial charge in [0.25, 0.3) is 0 Å². The van der Waals surface area contributed by atoms with Crippen LogP contribution >= 0.6 is 0 Å². The van der Waals surface area contributed by atoms with Crippen molar-refractivity contribution in [3.8, 4) is 0 Å². The number of rotatable bonds is 7. The molecular formula is C16H29N3. The first kappa shape index (κ1) is 14.6. The summed E-state index contributed by atoms with van der Waals surface area (Å²) in [5, 5.41) is 3.63. The van der Waals surface area contributed by atoms with E-state index in [1.807, 2.05) is 6.20 Å². The Morgan fingerprint density at radius 2 is 2.26 bits per heavy atom. The van der Waals surface area contributed by atoms with Crippen molar-refractivity contribution in [2.75, 3.05) is 13.1 Å². The van der Waals surface area contributed by atoms with E-state index in [-0.39, 0.29) is 0 Å². The Hall–Kier alpha value is -0.830. The SMILES string of the molecule is CCCn1ccnc1C1CCCC1CNCC(C)C. The van der Waals surface area contributed by atoms with Crippen LogP contribution in [0.2, 0.25) is 0 Å². The molecule has 1 saturated carbocycles. The van der Waals surface area contributed by atoms with Gasteiger partial charge < -0.3 is 9.88 Å². The Balaban J connectivity index is 1.95.